The maximum atomic E-state index is 8.99. The van der Waals surface area contributed by atoms with E-state index in [1.54, 1.807) is 0 Å². The molecule has 0 fully saturated rings. The van der Waals surface area contributed by atoms with Gasteiger partial charge in [-0.15, -0.1) is 37.4 Å². The number of phenolic OH excluding ortho intramolecular Hbond substituents is 1. The highest BCUT2D eigenvalue weighted by molar-refractivity contribution is 7.80. The molecule has 12 heavy (non-hydrogen) atoms. The van der Waals surface area contributed by atoms with Crippen molar-refractivity contribution in [3.05, 3.63) is 12.1 Å². The molecule has 70 valence electrons. The van der Waals surface area contributed by atoms with Crippen molar-refractivity contribution in [2.75, 3.05) is 11.5 Å². The van der Waals surface area contributed by atoms with Crippen LogP contribution in [-0.2, 0) is 0 Å². The fraction of sp³-hybridized carbons (Fsp3) is 0. The summed E-state index contributed by atoms with van der Waals surface area (Å²) < 4.78 is 0. The molecule has 0 heterocycles. The van der Waals surface area contributed by atoms with Crippen LogP contribution in [0.2, 0.25) is 0 Å². The maximum Gasteiger partial charge on any atom is 0.140 e. The molecule has 3 nitrogen and oxygen atoms in total. The summed E-state index contributed by atoms with van der Waals surface area (Å²) in [6.45, 7) is 0. The Labute approximate surface area is 88.4 Å². The molecule has 0 saturated carbocycles. The van der Waals surface area contributed by atoms with E-state index < -0.39 is 0 Å². The first-order chi connectivity index (χ1) is 4.61. The van der Waals surface area contributed by atoms with Crippen molar-refractivity contribution in [3.63, 3.8) is 0 Å². The number of hydrogen-bond acceptors (Lipinski definition) is 4. The summed E-state index contributed by atoms with van der Waals surface area (Å²) in [5, 5.41) is 8.99. The first-order valence-corrected chi connectivity index (χ1v) is 3.13. The van der Waals surface area contributed by atoms with E-state index in [4.69, 9.17) is 16.6 Å². The summed E-state index contributed by atoms with van der Waals surface area (Å²) in [6, 6.07) is 2.88. The van der Waals surface area contributed by atoms with Gasteiger partial charge in [-0.3, -0.25) is 0 Å². The summed E-state index contributed by atoms with van der Waals surface area (Å²) in [6.07, 6.45) is 0. The number of anilines is 2. The molecule has 0 aliphatic heterocycles. The van der Waals surface area contributed by atoms with Gasteiger partial charge in [0.05, 0.1) is 5.69 Å². The number of thiol groups is 1. The highest BCUT2D eigenvalue weighted by Crippen LogP contribution is 2.27. The normalized spacial score (nSPS) is 8.08. The van der Waals surface area contributed by atoms with Crippen molar-refractivity contribution in [1.82, 2.24) is 0 Å². The molecule has 0 aromatic heterocycles. The van der Waals surface area contributed by atoms with Gasteiger partial charge in [-0.1, -0.05) is 0 Å². The SMILES string of the molecule is Cl.Cl.Nc1cc(S)c(N)cc1O. The van der Waals surface area contributed by atoms with Crippen molar-refractivity contribution >= 4 is 48.8 Å². The molecular formula is C6H10Cl2N2OS. The molecule has 1 aromatic carbocycles. The second kappa shape index (κ2) is 5.24. The monoisotopic (exact) mass is 228 g/mol. The lowest BCUT2D eigenvalue weighted by molar-refractivity contribution is 0.478. The van der Waals surface area contributed by atoms with Gasteiger partial charge in [-0.2, -0.15) is 0 Å². The molecule has 0 aliphatic carbocycles. The van der Waals surface area contributed by atoms with Gasteiger partial charge >= 0.3 is 0 Å². The van der Waals surface area contributed by atoms with Crippen molar-refractivity contribution < 1.29 is 5.11 Å². The fourth-order valence-corrected chi connectivity index (χ4v) is 0.813. The van der Waals surface area contributed by atoms with Gasteiger partial charge in [0.15, 0.2) is 0 Å². The van der Waals surface area contributed by atoms with Crippen LogP contribution >= 0.6 is 37.4 Å². The van der Waals surface area contributed by atoms with E-state index in [1.807, 2.05) is 0 Å². The van der Waals surface area contributed by atoms with E-state index in [2.05, 4.69) is 12.6 Å². The zero-order valence-electron chi connectivity index (χ0n) is 6.02. The summed E-state index contributed by atoms with van der Waals surface area (Å²) in [7, 11) is 0. The fourth-order valence-electron chi connectivity index (χ4n) is 0.609. The van der Waals surface area contributed by atoms with Gasteiger partial charge in [0, 0.05) is 16.6 Å². The van der Waals surface area contributed by atoms with Gasteiger partial charge in [-0.25, -0.2) is 0 Å². The summed E-state index contributed by atoms with van der Waals surface area (Å²) in [5.41, 5.74) is 11.4. The van der Waals surface area contributed by atoms with Crippen LogP contribution in [0.15, 0.2) is 17.0 Å². The summed E-state index contributed by atoms with van der Waals surface area (Å²) >= 11 is 4.00. The molecular weight excluding hydrogens is 219 g/mol. The average Bonchev–Trinajstić information content (AvgIpc) is 1.84. The van der Waals surface area contributed by atoms with Crippen LogP contribution < -0.4 is 11.5 Å². The van der Waals surface area contributed by atoms with Crippen molar-refractivity contribution in [2.24, 2.45) is 0 Å². The molecule has 6 heteroatoms. The minimum Gasteiger partial charge on any atom is -0.506 e. The number of phenols is 1. The smallest absolute Gasteiger partial charge is 0.140 e. The number of nitrogen functional groups attached to an aromatic ring is 2. The lowest BCUT2D eigenvalue weighted by Crippen LogP contribution is -1.90. The summed E-state index contributed by atoms with van der Waals surface area (Å²) in [5.74, 6) is -0.00435. The molecule has 0 atom stereocenters. The maximum absolute atomic E-state index is 8.99. The van der Waals surface area contributed by atoms with Crippen LogP contribution in [0.1, 0.15) is 0 Å². The van der Waals surface area contributed by atoms with Crippen LogP contribution in [0, 0.1) is 0 Å². The molecule has 0 saturated heterocycles. The molecule has 0 spiro atoms. The van der Waals surface area contributed by atoms with E-state index in [0.29, 0.717) is 16.3 Å². The van der Waals surface area contributed by atoms with Gasteiger partial charge in [-0.05, 0) is 6.07 Å². The van der Waals surface area contributed by atoms with E-state index in [9.17, 15) is 0 Å². The zero-order chi connectivity index (χ0) is 7.72. The highest BCUT2D eigenvalue weighted by Gasteiger charge is 1.99. The van der Waals surface area contributed by atoms with E-state index in [0.717, 1.165) is 0 Å². The van der Waals surface area contributed by atoms with E-state index in [-0.39, 0.29) is 30.6 Å². The third kappa shape index (κ3) is 2.89. The zero-order valence-corrected chi connectivity index (χ0v) is 8.55. The Bertz CT molecular complexity index is 220. The predicted octanol–water partition coefficient (Wildman–Crippen LogP) is 1.69. The second-order valence-electron chi connectivity index (χ2n) is 1.97. The largest absolute Gasteiger partial charge is 0.506 e. The first-order valence-electron chi connectivity index (χ1n) is 2.68. The Morgan fingerprint density at radius 3 is 2.00 bits per heavy atom. The molecule has 0 unspecified atom stereocenters. The number of rotatable bonds is 0. The quantitative estimate of drug-likeness (QED) is 0.311. The highest BCUT2D eigenvalue weighted by atomic mass is 35.5. The van der Waals surface area contributed by atoms with Crippen LogP contribution in [0.3, 0.4) is 0 Å². The number of halogens is 2. The number of hydrogen-bond donors (Lipinski definition) is 4. The second-order valence-corrected chi connectivity index (χ2v) is 2.45. The Balaban J connectivity index is 0. The number of aromatic hydroxyl groups is 1. The molecule has 1 aromatic rings. The molecule has 1 rings (SSSR count). The van der Waals surface area contributed by atoms with E-state index in [1.165, 1.54) is 12.1 Å². The average molecular weight is 229 g/mol. The van der Waals surface area contributed by atoms with Gasteiger partial charge in [0.1, 0.15) is 5.75 Å². The molecule has 0 radical (unpaired) electrons. The predicted molar refractivity (Wildman–Crippen MR) is 58.7 cm³/mol. The van der Waals surface area contributed by atoms with Crippen molar-refractivity contribution in [1.29, 1.82) is 0 Å². The van der Waals surface area contributed by atoms with Crippen LogP contribution in [0.4, 0.5) is 11.4 Å². The lowest BCUT2D eigenvalue weighted by Gasteiger charge is -2.01. The third-order valence-corrected chi connectivity index (χ3v) is 1.56. The Morgan fingerprint density at radius 2 is 1.58 bits per heavy atom. The van der Waals surface area contributed by atoms with Crippen LogP contribution in [0.5, 0.6) is 5.75 Å². The van der Waals surface area contributed by atoms with Gasteiger partial charge in [0.25, 0.3) is 0 Å². The molecule has 0 bridgehead atoms. The van der Waals surface area contributed by atoms with E-state index >= 15 is 0 Å². The topological polar surface area (TPSA) is 72.3 Å². The molecule has 5 N–H and O–H groups in total. The van der Waals surface area contributed by atoms with Gasteiger partial charge in [0.2, 0.25) is 0 Å². The third-order valence-electron chi connectivity index (χ3n) is 1.18. The first kappa shape index (κ1) is 14.1. The lowest BCUT2D eigenvalue weighted by atomic mass is 10.2. The molecule has 0 amide bonds. The van der Waals surface area contributed by atoms with Gasteiger partial charge < -0.3 is 16.6 Å². The number of nitrogens with two attached hydrogens (primary N) is 2. The summed E-state index contributed by atoms with van der Waals surface area (Å²) in [4.78, 5) is 0.579. The van der Waals surface area contributed by atoms with Crippen LogP contribution in [0.25, 0.3) is 0 Å². The minimum atomic E-state index is -0.00435. The van der Waals surface area contributed by atoms with Crippen molar-refractivity contribution in [2.45, 2.75) is 4.90 Å². The number of benzene rings is 1. The van der Waals surface area contributed by atoms with Crippen LogP contribution in [-0.4, -0.2) is 5.11 Å². The Morgan fingerprint density at radius 1 is 1.08 bits per heavy atom. The standard InChI is InChI=1S/C6H8N2OS.2ClH/c7-3-2-6(10)4(8)1-5(3)9;;/h1-2,9-10H,7-8H2;2*1H. The van der Waals surface area contributed by atoms with Crippen molar-refractivity contribution in [3.8, 4) is 5.75 Å². The Hall–Kier alpha value is -0.450. The Kier molecular flexibility index (Phi) is 6.16. The minimum absolute atomic E-state index is 0. The molecule has 0 aliphatic rings.